The largest absolute Gasteiger partial charge is 0.491 e. The average Bonchev–Trinajstić information content (AvgIpc) is 2.66. The molecule has 0 saturated carbocycles. The molecule has 2 aromatic carbocycles. The molecule has 0 aromatic heterocycles. The predicted molar refractivity (Wildman–Crippen MR) is 104 cm³/mol. The van der Waals surface area contributed by atoms with Gasteiger partial charge in [-0.3, -0.25) is 4.90 Å². The first-order chi connectivity index (χ1) is 13.3. The number of halogens is 4. The molecule has 28 heavy (non-hydrogen) atoms. The van der Waals surface area contributed by atoms with Gasteiger partial charge in [0.25, 0.3) is 0 Å². The van der Waals surface area contributed by atoms with Crippen LogP contribution < -0.4 is 4.74 Å². The van der Waals surface area contributed by atoms with Crippen LogP contribution in [0.1, 0.15) is 0 Å². The SMILES string of the molecule is O=S(=O)(c1ccc(F)c(F)c1)N1CCN(CCOc2ccc(Cl)cc2Cl)CC1. The number of sulfonamides is 1. The van der Waals surface area contributed by atoms with Gasteiger partial charge in [-0.15, -0.1) is 0 Å². The lowest BCUT2D eigenvalue weighted by Gasteiger charge is -2.33. The van der Waals surface area contributed by atoms with Crippen LogP contribution in [0.3, 0.4) is 0 Å². The Labute approximate surface area is 172 Å². The lowest BCUT2D eigenvalue weighted by molar-refractivity contribution is 0.159. The molecule has 152 valence electrons. The molecular weight excluding hydrogens is 433 g/mol. The molecule has 10 heteroatoms. The average molecular weight is 451 g/mol. The van der Waals surface area contributed by atoms with Gasteiger partial charge in [0.05, 0.1) is 9.92 Å². The zero-order valence-electron chi connectivity index (χ0n) is 14.7. The van der Waals surface area contributed by atoms with E-state index >= 15 is 0 Å². The highest BCUT2D eigenvalue weighted by molar-refractivity contribution is 7.89. The van der Waals surface area contributed by atoms with E-state index < -0.39 is 21.7 Å². The fourth-order valence-corrected chi connectivity index (χ4v) is 4.75. The first-order valence-corrected chi connectivity index (χ1v) is 10.7. The van der Waals surface area contributed by atoms with Gasteiger partial charge < -0.3 is 4.74 Å². The molecule has 0 bridgehead atoms. The normalized spacial score (nSPS) is 16.3. The quantitative estimate of drug-likeness (QED) is 0.673. The molecule has 1 saturated heterocycles. The summed E-state index contributed by atoms with van der Waals surface area (Å²) in [7, 11) is -3.86. The van der Waals surface area contributed by atoms with Crippen LogP contribution >= 0.6 is 23.2 Å². The van der Waals surface area contributed by atoms with Gasteiger partial charge in [-0.05, 0) is 36.4 Å². The molecule has 1 fully saturated rings. The van der Waals surface area contributed by atoms with Gasteiger partial charge in [0.1, 0.15) is 12.4 Å². The molecule has 0 unspecified atom stereocenters. The van der Waals surface area contributed by atoms with Crippen LogP contribution in [0.25, 0.3) is 0 Å². The fourth-order valence-electron chi connectivity index (χ4n) is 2.86. The van der Waals surface area contributed by atoms with Gasteiger partial charge in [0.15, 0.2) is 11.6 Å². The number of rotatable bonds is 6. The second-order valence-corrected chi connectivity index (χ2v) is 9.03. The van der Waals surface area contributed by atoms with E-state index in [-0.39, 0.29) is 18.0 Å². The van der Waals surface area contributed by atoms with Crippen molar-refractivity contribution in [3.63, 3.8) is 0 Å². The summed E-state index contributed by atoms with van der Waals surface area (Å²) in [6.07, 6.45) is 0. The number of ether oxygens (including phenoxy) is 1. The Hall–Kier alpha value is -1.45. The second-order valence-electron chi connectivity index (χ2n) is 6.24. The molecule has 0 radical (unpaired) electrons. The molecule has 0 N–H and O–H groups in total. The second kappa shape index (κ2) is 8.92. The maximum Gasteiger partial charge on any atom is 0.243 e. The van der Waals surface area contributed by atoms with Crippen molar-refractivity contribution in [3.05, 3.63) is 58.1 Å². The number of piperazine rings is 1. The van der Waals surface area contributed by atoms with Crippen LogP contribution in [-0.2, 0) is 10.0 Å². The summed E-state index contributed by atoms with van der Waals surface area (Å²) in [6.45, 7) is 2.49. The van der Waals surface area contributed by atoms with Crippen molar-refractivity contribution in [2.75, 3.05) is 39.3 Å². The molecule has 3 rings (SSSR count). The third-order valence-corrected chi connectivity index (χ3v) is 6.84. The number of hydrogen-bond donors (Lipinski definition) is 0. The van der Waals surface area contributed by atoms with E-state index in [0.717, 1.165) is 12.1 Å². The highest BCUT2D eigenvalue weighted by Crippen LogP contribution is 2.27. The molecule has 5 nitrogen and oxygen atoms in total. The van der Waals surface area contributed by atoms with Gasteiger partial charge in [0, 0.05) is 37.7 Å². The standard InChI is InChI=1S/C18H18Cl2F2N2O3S/c19-13-1-4-18(15(20)11-13)27-10-9-23-5-7-24(8-6-23)28(25,26)14-2-3-16(21)17(22)12-14/h1-4,11-12H,5-10H2. The van der Waals surface area contributed by atoms with Gasteiger partial charge >= 0.3 is 0 Å². The van der Waals surface area contributed by atoms with E-state index in [4.69, 9.17) is 27.9 Å². The summed E-state index contributed by atoms with van der Waals surface area (Å²) >= 11 is 11.9. The highest BCUT2D eigenvalue weighted by atomic mass is 35.5. The van der Waals surface area contributed by atoms with E-state index in [2.05, 4.69) is 4.90 Å². The van der Waals surface area contributed by atoms with Crippen LogP contribution in [0.15, 0.2) is 41.3 Å². The molecule has 1 heterocycles. The Morgan fingerprint density at radius 1 is 0.964 bits per heavy atom. The minimum Gasteiger partial charge on any atom is -0.491 e. The highest BCUT2D eigenvalue weighted by Gasteiger charge is 2.29. The smallest absolute Gasteiger partial charge is 0.243 e. The van der Waals surface area contributed by atoms with Crippen molar-refractivity contribution < 1.29 is 21.9 Å². The monoisotopic (exact) mass is 450 g/mol. The number of nitrogens with zero attached hydrogens (tertiary/aromatic N) is 2. The topological polar surface area (TPSA) is 49.9 Å². The Morgan fingerprint density at radius 2 is 1.68 bits per heavy atom. The van der Waals surface area contributed by atoms with Crippen LogP contribution in [0, 0.1) is 11.6 Å². The summed E-state index contributed by atoms with van der Waals surface area (Å²) in [5.74, 6) is -1.73. The van der Waals surface area contributed by atoms with Crippen LogP contribution in [0.2, 0.25) is 10.0 Å². The van der Waals surface area contributed by atoms with Crippen molar-refractivity contribution in [1.29, 1.82) is 0 Å². The molecule has 1 aliphatic heterocycles. The fraction of sp³-hybridized carbons (Fsp3) is 0.333. The Bertz CT molecular complexity index is 952. The van der Waals surface area contributed by atoms with Gasteiger partial charge in [0.2, 0.25) is 10.0 Å². The Balaban J connectivity index is 1.51. The lowest BCUT2D eigenvalue weighted by atomic mass is 10.3. The van der Waals surface area contributed by atoms with Crippen LogP contribution in [0.5, 0.6) is 5.75 Å². The van der Waals surface area contributed by atoms with Gasteiger partial charge in [-0.2, -0.15) is 4.31 Å². The molecule has 0 aliphatic carbocycles. The summed E-state index contributed by atoms with van der Waals surface area (Å²) in [5.41, 5.74) is 0. The first kappa shape index (κ1) is 21.3. The van der Waals surface area contributed by atoms with Crippen LogP contribution in [-0.4, -0.2) is 57.0 Å². The summed E-state index contributed by atoms with van der Waals surface area (Å²) in [4.78, 5) is 1.81. The van der Waals surface area contributed by atoms with E-state index in [1.807, 2.05) is 0 Å². The molecule has 0 atom stereocenters. The summed E-state index contributed by atoms with van der Waals surface area (Å²) in [5, 5.41) is 0.950. The number of hydrogen-bond acceptors (Lipinski definition) is 4. The van der Waals surface area contributed by atoms with Crippen LogP contribution in [0.4, 0.5) is 8.78 Å². The van der Waals surface area contributed by atoms with E-state index in [1.54, 1.807) is 18.2 Å². The molecule has 1 aliphatic rings. The van der Waals surface area contributed by atoms with Gasteiger partial charge in [-0.25, -0.2) is 17.2 Å². The van der Waals surface area contributed by atoms with E-state index in [9.17, 15) is 17.2 Å². The van der Waals surface area contributed by atoms with Crippen molar-refractivity contribution in [2.45, 2.75) is 4.90 Å². The van der Waals surface area contributed by atoms with E-state index in [0.29, 0.717) is 48.1 Å². The lowest BCUT2D eigenvalue weighted by Crippen LogP contribution is -2.49. The maximum absolute atomic E-state index is 13.4. The Morgan fingerprint density at radius 3 is 2.32 bits per heavy atom. The zero-order valence-corrected chi connectivity index (χ0v) is 17.1. The maximum atomic E-state index is 13.4. The third-order valence-electron chi connectivity index (χ3n) is 4.42. The van der Waals surface area contributed by atoms with Crippen molar-refractivity contribution in [2.24, 2.45) is 0 Å². The molecular formula is C18H18Cl2F2N2O3S. The van der Waals surface area contributed by atoms with Gasteiger partial charge in [-0.1, -0.05) is 23.2 Å². The van der Waals surface area contributed by atoms with Crippen molar-refractivity contribution in [1.82, 2.24) is 9.21 Å². The van der Waals surface area contributed by atoms with E-state index in [1.165, 1.54) is 4.31 Å². The van der Waals surface area contributed by atoms with Crippen molar-refractivity contribution >= 4 is 33.2 Å². The minimum absolute atomic E-state index is 0.249. The summed E-state index contributed by atoms with van der Waals surface area (Å²) < 4.78 is 58.5. The molecule has 0 spiro atoms. The first-order valence-electron chi connectivity index (χ1n) is 8.53. The predicted octanol–water partition coefficient (Wildman–Crippen LogP) is 3.66. The van der Waals surface area contributed by atoms with Crippen molar-refractivity contribution in [3.8, 4) is 5.75 Å². The molecule has 2 aromatic rings. The Kier molecular flexibility index (Phi) is 6.77. The third kappa shape index (κ3) is 4.93. The minimum atomic E-state index is -3.86. The summed E-state index contributed by atoms with van der Waals surface area (Å²) in [6, 6.07) is 7.57. The molecule has 0 amide bonds. The number of benzene rings is 2. The zero-order chi connectivity index (χ0) is 20.3.